The van der Waals surface area contributed by atoms with E-state index in [2.05, 4.69) is 4.98 Å². The molecule has 0 unspecified atom stereocenters. The van der Waals surface area contributed by atoms with Crippen molar-refractivity contribution in [1.29, 1.82) is 0 Å². The number of ether oxygens (including phenoxy) is 1. The Kier molecular flexibility index (Phi) is 8.66. The van der Waals surface area contributed by atoms with Gasteiger partial charge in [0.15, 0.2) is 11.3 Å². The van der Waals surface area contributed by atoms with Gasteiger partial charge in [0, 0.05) is 26.1 Å². The summed E-state index contributed by atoms with van der Waals surface area (Å²) in [7, 11) is -2.29. The van der Waals surface area contributed by atoms with Crippen LogP contribution in [0.15, 0.2) is 27.9 Å². The molecule has 1 aromatic carbocycles. The number of aromatic amines is 1. The summed E-state index contributed by atoms with van der Waals surface area (Å²) in [6.07, 6.45) is 7.71. The molecule has 2 N–H and O–H groups in total. The fourth-order valence-electron chi connectivity index (χ4n) is 5.00. The van der Waals surface area contributed by atoms with Crippen LogP contribution >= 0.6 is 0 Å². The fourth-order valence-corrected chi connectivity index (χ4v) is 6.23. The van der Waals surface area contributed by atoms with Gasteiger partial charge in [0.25, 0.3) is 5.56 Å². The zero-order valence-electron chi connectivity index (χ0n) is 21.9. The molecule has 0 atom stereocenters. The lowest BCUT2D eigenvalue weighted by atomic mass is 10.00. The number of imidazole rings is 1. The van der Waals surface area contributed by atoms with E-state index in [4.69, 9.17) is 19.9 Å². The third-order valence-corrected chi connectivity index (χ3v) is 8.87. The molecule has 11 heteroatoms. The third kappa shape index (κ3) is 5.73. The largest absolute Gasteiger partial charge is 0.493 e. The summed E-state index contributed by atoms with van der Waals surface area (Å²) in [5, 5.41) is 13.8. The lowest BCUT2D eigenvalue weighted by Crippen LogP contribution is -2.28. The number of aliphatic hydroxyl groups is 1. The number of hydrogen-bond donors (Lipinski definition) is 2. The molecule has 0 radical (unpaired) electrons. The Morgan fingerprint density at radius 2 is 1.92 bits per heavy atom. The minimum absolute atomic E-state index is 0.0131. The molecule has 0 spiro atoms. The van der Waals surface area contributed by atoms with Gasteiger partial charge in [-0.15, -0.1) is 5.10 Å². The SMILES string of the molecule is CCOc1ccc(S(=O)(=O)N(C)CCCCO)cc1-c1nn2c(C3CCCCCC3)nc(C)c2c(=O)[nH]1. The van der Waals surface area contributed by atoms with Crippen molar-refractivity contribution in [2.75, 3.05) is 26.8 Å². The molecule has 0 bridgehead atoms. The first kappa shape index (κ1) is 27.3. The predicted molar refractivity (Wildman–Crippen MR) is 142 cm³/mol. The number of rotatable bonds is 10. The van der Waals surface area contributed by atoms with Crippen molar-refractivity contribution in [3.8, 4) is 17.1 Å². The number of sulfonamides is 1. The predicted octanol–water partition coefficient (Wildman–Crippen LogP) is 3.62. The molecule has 202 valence electrons. The van der Waals surface area contributed by atoms with Crippen molar-refractivity contribution in [1.82, 2.24) is 23.9 Å². The smallest absolute Gasteiger partial charge is 0.277 e. The standard InChI is InChI=1S/C26H37N5O5S/c1-4-36-22-14-13-20(37(34,35)30(3)15-9-10-16-32)17-21(22)24-28-26(33)23-18(2)27-25(31(23)29-24)19-11-7-5-6-8-12-19/h13-14,17,19,32H,4-12,15-16H2,1-3H3,(H,28,29,33). The molecule has 0 aliphatic heterocycles. The topological polar surface area (TPSA) is 130 Å². The second kappa shape index (κ2) is 11.7. The first-order chi connectivity index (χ1) is 17.8. The maximum Gasteiger partial charge on any atom is 0.277 e. The van der Waals surface area contributed by atoms with Crippen LogP contribution in [0.1, 0.15) is 75.7 Å². The summed E-state index contributed by atoms with van der Waals surface area (Å²) in [5.74, 6) is 1.66. The van der Waals surface area contributed by atoms with Crippen LogP contribution in [-0.2, 0) is 10.0 Å². The summed E-state index contributed by atoms with van der Waals surface area (Å²) < 4.78 is 35.3. The molecular weight excluding hydrogens is 494 g/mol. The third-order valence-electron chi connectivity index (χ3n) is 7.02. The molecule has 10 nitrogen and oxygen atoms in total. The van der Waals surface area contributed by atoms with Crippen LogP contribution in [0.2, 0.25) is 0 Å². The molecule has 1 aliphatic carbocycles. The quantitative estimate of drug-likeness (QED) is 0.302. The summed E-state index contributed by atoms with van der Waals surface area (Å²) in [6, 6.07) is 4.60. The highest BCUT2D eigenvalue weighted by Crippen LogP contribution is 2.34. The maximum atomic E-state index is 13.3. The van der Waals surface area contributed by atoms with Crippen LogP contribution in [0.4, 0.5) is 0 Å². The van der Waals surface area contributed by atoms with Gasteiger partial charge in [-0.3, -0.25) is 4.79 Å². The molecule has 3 aromatic rings. The van der Waals surface area contributed by atoms with E-state index >= 15 is 0 Å². The minimum atomic E-state index is -3.80. The lowest BCUT2D eigenvalue weighted by Gasteiger charge is -2.18. The van der Waals surface area contributed by atoms with Gasteiger partial charge < -0.3 is 14.8 Å². The summed E-state index contributed by atoms with van der Waals surface area (Å²) in [5.41, 5.74) is 1.11. The van der Waals surface area contributed by atoms with E-state index in [1.807, 2.05) is 13.8 Å². The van der Waals surface area contributed by atoms with Crippen LogP contribution in [0.3, 0.4) is 0 Å². The highest BCUT2D eigenvalue weighted by atomic mass is 32.2. The van der Waals surface area contributed by atoms with Gasteiger partial charge >= 0.3 is 0 Å². The highest BCUT2D eigenvalue weighted by molar-refractivity contribution is 7.89. The molecule has 37 heavy (non-hydrogen) atoms. The van der Waals surface area contributed by atoms with Crippen molar-refractivity contribution >= 4 is 15.5 Å². The minimum Gasteiger partial charge on any atom is -0.493 e. The zero-order chi connectivity index (χ0) is 26.6. The number of aryl methyl sites for hydroxylation is 1. The van der Waals surface area contributed by atoms with Crippen LogP contribution in [0.25, 0.3) is 16.9 Å². The Bertz CT molecular complexity index is 1390. The molecule has 0 saturated heterocycles. The van der Waals surface area contributed by atoms with Gasteiger partial charge in [-0.2, -0.15) is 0 Å². The van der Waals surface area contributed by atoms with Crippen molar-refractivity contribution in [2.45, 2.75) is 76.0 Å². The number of aliphatic hydroxyl groups excluding tert-OH is 1. The van der Waals surface area contributed by atoms with E-state index < -0.39 is 10.0 Å². The van der Waals surface area contributed by atoms with E-state index in [9.17, 15) is 13.2 Å². The van der Waals surface area contributed by atoms with Gasteiger partial charge in [-0.1, -0.05) is 25.7 Å². The number of hydrogen-bond acceptors (Lipinski definition) is 7. The summed E-state index contributed by atoms with van der Waals surface area (Å²) in [6.45, 7) is 4.32. The van der Waals surface area contributed by atoms with Gasteiger partial charge in [0.2, 0.25) is 10.0 Å². The van der Waals surface area contributed by atoms with Crippen LogP contribution in [0.5, 0.6) is 5.75 Å². The number of unbranched alkanes of at least 4 members (excludes halogenated alkanes) is 1. The molecule has 1 fully saturated rings. The van der Waals surface area contributed by atoms with Crippen molar-refractivity contribution in [3.05, 3.63) is 40.1 Å². The second-order valence-electron chi connectivity index (χ2n) is 9.66. The molecule has 2 heterocycles. The monoisotopic (exact) mass is 531 g/mol. The fraction of sp³-hybridized carbons (Fsp3) is 0.577. The molecule has 1 saturated carbocycles. The van der Waals surface area contributed by atoms with Crippen molar-refractivity contribution in [2.24, 2.45) is 0 Å². The van der Waals surface area contributed by atoms with Gasteiger partial charge in [0.05, 0.1) is 22.8 Å². The molecule has 4 rings (SSSR count). The molecular formula is C26H37N5O5S. The van der Waals surface area contributed by atoms with Crippen molar-refractivity contribution < 1.29 is 18.3 Å². The summed E-state index contributed by atoms with van der Waals surface area (Å²) in [4.78, 5) is 20.9. The van der Waals surface area contributed by atoms with Gasteiger partial charge in [-0.25, -0.2) is 22.2 Å². The molecule has 2 aromatic heterocycles. The summed E-state index contributed by atoms with van der Waals surface area (Å²) >= 11 is 0. The average molecular weight is 532 g/mol. The van der Waals surface area contributed by atoms with Gasteiger partial charge in [-0.05, 0) is 57.7 Å². The Balaban J connectivity index is 1.82. The van der Waals surface area contributed by atoms with E-state index in [-0.39, 0.29) is 35.3 Å². The Labute approximate surface area is 217 Å². The van der Waals surface area contributed by atoms with E-state index in [0.29, 0.717) is 42.0 Å². The number of nitrogens with one attached hydrogen (secondary N) is 1. The number of H-pyrrole nitrogens is 1. The number of benzene rings is 1. The number of nitrogens with zero attached hydrogens (tertiary/aromatic N) is 4. The Hall–Kier alpha value is -2.76. The van der Waals surface area contributed by atoms with Crippen molar-refractivity contribution in [3.63, 3.8) is 0 Å². The highest BCUT2D eigenvalue weighted by Gasteiger charge is 2.26. The first-order valence-electron chi connectivity index (χ1n) is 13.1. The average Bonchev–Trinajstić information content (AvgIpc) is 3.03. The zero-order valence-corrected chi connectivity index (χ0v) is 22.7. The molecule has 0 amide bonds. The number of aromatic nitrogens is 4. The van der Waals surface area contributed by atoms with Crippen LogP contribution in [0, 0.1) is 6.92 Å². The maximum absolute atomic E-state index is 13.3. The van der Waals surface area contributed by atoms with Crippen LogP contribution in [-0.4, -0.2) is 64.2 Å². The lowest BCUT2D eigenvalue weighted by molar-refractivity contribution is 0.279. The van der Waals surface area contributed by atoms with E-state index in [0.717, 1.165) is 31.5 Å². The van der Waals surface area contributed by atoms with Crippen LogP contribution < -0.4 is 10.3 Å². The second-order valence-corrected chi connectivity index (χ2v) is 11.7. The number of fused-ring (bicyclic) bond motifs is 1. The molecule has 1 aliphatic rings. The first-order valence-corrected chi connectivity index (χ1v) is 14.6. The van der Waals surface area contributed by atoms with E-state index in [1.54, 1.807) is 10.6 Å². The normalized spacial score (nSPS) is 15.4. The Morgan fingerprint density at radius 1 is 1.19 bits per heavy atom. The Morgan fingerprint density at radius 3 is 2.59 bits per heavy atom. The van der Waals surface area contributed by atoms with E-state index in [1.165, 1.54) is 36.3 Å². The van der Waals surface area contributed by atoms with Gasteiger partial charge in [0.1, 0.15) is 11.6 Å².